The number of aryl methyl sites for hydroxylation is 2. The van der Waals surface area contributed by atoms with Gasteiger partial charge in [-0.15, -0.1) is 0 Å². The zero-order valence-corrected chi connectivity index (χ0v) is 11.8. The van der Waals surface area contributed by atoms with Crippen LogP contribution in [-0.4, -0.2) is 26.7 Å². The first-order valence-electron chi connectivity index (χ1n) is 6.36. The third-order valence-electron chi connectivity index (χ3n) is 3.08. The molecular weight excluding hydrogens is 270 g/mol. The molecule has 0 bridgehead atoms. The van der Waals surface area contributed by atoms with E-state index >= 15 is 0 Å². The average Bonchev–Trinajstić information content (AvgIpc) is 2.83. The standard InChI is InChI=1S/C14H17N5O2/c1-9-11(8-19(2)17-9)14(20)16-12(13(15)18-21)10-6-4-3-5-7-10/h3-8,12,21H,1-2H3,(H2,15,18)(H,16,20). The van der Waals surface area contributed by atoms with Crippen molar-refractivity contribution in [3.05, 3.63) is 53.3 Å². The molecule has 2 aromatic rings. The van der Waals surface area contributed by atoms with E-state index in [-0.39, 0.29) is 11.7 Å². The van der Waals surface area contributed by atoms with E-state index in [0.717, 1.165) is 5.56 Å². The molecule has 0 aliphatic heterocycles. The van der Waals surface area contributed by atoms with Gasteiger partial charge in [0, 0.05) is 13.2 Å². The van der Waals surface area contributed by atoms with Crippen molar-refractivity contribution in [1.82, 2.24) is 15.1 Å². The maximum Gasteiger partial charge on any atom is 0.255 e. The summed E-state index contributed by atoms with van der Waals surface area (Å²) in [6.45, 7) is 1.75. The summed E-state index contributed by atoms with van der Waals surface area (Å²) in [7, 11) is 1.74. The van der Waals surface area contributed by atoms with E-state index in [2.05, 4.69) is 15.6 Å². The minimum atomic E-state index is -0.705. The van der Waals surface area contributed by atoms with Gasteiger partial charge in [0.25, 0.3) is 5.91 Å². The van der Waals surface area contributed by atoms with Crippen molar-refractivity contribution in [2.75, 3.05) is 0 Å². The summed E-state index contributed by atoms with van der Waals surface area (Å²) < 4.78 is 1.56. The fourth-order valence-electron chi connectivity index (χ4n) is 2.06. The number of carbonyl (C=O) groups excluding carboxylic acids is 1. The molecule has 1 amide bonds. The van der Waals surface area contributed by atoms with Gasteiger partial charge in [-0.05, 0) is 12.5 Å². The summed E-state index contributed by atoms with van der Waals surface area (Å²) in [5, 5.41) is 18.8. The molecule has 1 heterocycles. The molecule has 0 aliphatic carbocycles. The van der Waals surface area contributed by atoms with Crippen LogP contribution in [0.25, 0.3) is 0 Å². The zero-order chi connectivity index (χ0) is 15.4. The fraction of sp³-hybridized carbons (Fsp3) is 0.214. The molecule has 4 N–H and O–H groups in total. The lowest BCUT2D eigenvalue weighted by Gasteiger charge is -2.17. The van der Waals surface area contributed by atoms with Gasteiger partial charge >= 0.3 is 0 Å². The third kappa shape index (κ3) is 3.19. The molecule has 0 aliphatic rings. The highest BCUT2D eigenvalue weighted by Crippen LogP contribution is 2.14. The van der Waals surface area contributed by atoms with Gasteiger partial charge in [-0.2, -0.15) is 5.10 Å². The van der Waals surface area contributed by atoms with E-state index < -0.39 is 6.04 Å². The minimum Gasteiger partial charge on any atom is -0.409 e. The molecular formula is C14H17N5O2. The molecule has 7 heteroatoms. The molecule has 2 rings (SSSR count). The molecule has 0 saturated heterocycles. The van der Waals surface area contributed by atoms with E-state index in [0.29, 0.717) is 11.3 Å². The first kappa shape index (κ1) is 14.6. The summed E-state index contributed by atoms with van der Waals surface area (Å²) in [6.07, 6.45) is 1.62. The molecule has 1 unspecified atom stereocenters. The monoisotopic (exact) mass is 287 g/mol. The van der Waals surface area contributed by atoms with Gasteiger partial charge in [-0.3, -0.25) is 9.48 Å². The third-order valence-corrected chi connectivity index (χ3v) is 3.08. The Bertz CT molecular complexity index is 663. The van der Waals surface area contributed by atoms with E-state index in [9.17, 15) is 4.79 Å². The largest absolute Gasteiger partial charge is 0.409 e. The van der Waals surface area contributed by atoms with Crippen LogP contribution in [0.5, 0.6) is 0 Å². The SMILES string of the molecule is Cc1nn(C)cc1C(=O)NC(/C(N)=N/O)c1ccccc1. The Kier molecular flexibility index (Phi) is 4.22. The quantitative estimate of drug-likeness (QED) is 0.337. The molecule has 0 spiro atoms. The Balaban J connectivity index is 2.28. The second-order valence-corrected chi connectivity index (χ2v) is 4.64. The number of amides is 1. The maximum atomic E-state index is 12.3. The average molecular weight is 287 g/mol. The van der Waals surface area contributed by atoms with Crippen LogP contribution in [0.15, 0.2) is 41.7 Å². The fourth-order valence-corrected chi connectivity index (χ4v) is 2.06. The van der Waals surface area contributed by atoms with Crippen molar-refractivity contribution in [3.8, 4) is 0 Å². The van der Waals surface area contributed by atoms with E-state index in [1.54, 1.807) is 37.0 Å². The summed E-state index contributed by atoms with van der Waals surface area (Å²) in [4.78, 5) is 12.3. The van der Waals surface area contributed by atoms with Crippen LogP contribution in [0.1, 0.15) is 27.7 Å². The molecule has 7 nitrogen and oxygen atoms in total. The first-order chi connectivity index (χ1) is 10.0. The highest BCUT2D eigenvalue weighted by Gasteiger charge is 2.21. The second-order valence-electron chi connectivity index (χ2n) is 4.64. The van der Waals surface area contributed by atoms with Gasteiger partial charge in [-0.1, -0.05) is 35.5 Å². The highest BCUT2D eigenvalue weighted by atomic mass is 16.4. The maximum absolute atomic E-state index is 12.3. The molecule has 1 aromatic carbocycles. The van der Waals surface area contributed by atoms with E-state index in [4.69, 9.17) is 10.9 Å². The topological polar surface area (TPSA) is 106 Å². The highest BCUT2D eigenvalue weighted by molar-refractivity contribution is 5.99. The van der Waals surface area contributed by atoms with Gasteiger partial charge in [0.1, 0.15) is 6.04 Å². The van der Waals surface area contributed by atoms with Gasteiger partial charge in [0.05, 0.1) is 11.3 Å². The predicted molar refractivity (Wildman–Crippen MR) is 78.0 cm³/mol. The summed E-state index contributed by atoms with van der Waals surface area (Å²) >= 11 is 0. The Labute approximate surface area is 122 Å². The van der Waals surface area contributed by atoms with Crippen LogP contribution >= 0.6 is 0 Å². The van der Waals surface area contributed by atoms with Crippen LogP contribution < -0.4 is 11.1 Å². The molecule has 0 fully saturated rings. The van der Waals surface area contributed by atoms with E-state index in [1.807, 2.05) is 18.2 Å². The van der Waals surface area contributed by atoms with Crippen molar-refractivity contribution in [3.63, 3.8) is 0 Å². The van der Waals surface area contributed by atoms with Crippen LogP contribution in [0.3, 0.4) is 0 Å². The Morgan fingerprint density at radius 2 is 2.10 bits per heavy atom. The summed E-state index contributed by atoms with van der Waals surface area (Å²) in [6, 6.07) is 8.35. The van der Waals surface area contributed by atoms with Crippen molar-refractivity contribution in [2.45, 2.75) is 13.0 Å². The second kappa shape index (κ2) is 6.08. The van der Waals surface area contributed by atoms with Crippen molar-refractivity contribution in [2.24, 2.45) is 17.9 Å². The van der Waals surface area contributed by atoms with Crippen LogP contribution in [0.2, 0.25) is 0 Å². The lowest BCUT2D eigenvalue weighted by molar-refractivity contribution is 0.0945. The van der Waals surface area contributed by atoms with Gasteiger partial charge in [-0.25, -0.2) is 0 Å². The lowest BCUT2D eigenvalue weighted by Crippen LogP contribution is -2.37. The minimum absolute atomic E-state index is 0.0870. The number of nitrogens with two attached hydrogens (primary N) is 1. The molecule has 0 saturated carbocycles. The molecule has 21 heavy (non-hydrogen) atoms. The molecule has 0 radical (unpaired) electrons. The molecule has 1 aromatic heterocycles. The van der Waals surface area contributed by atoms with Crippen LogP contribution in [0, 0.1) is 6.92 Å². The van der Waals surface area contributed by atoms with Gasteiger partial charge in [0.2, 0.25) is 0 Å². The number of carbonyl (C=O) groups is 1. The van der Waals surface area contributed by atoms with Gasteiger partial charge in [0.15, 0.2) is 5.84 Å². The number of amidine groups is 1. The summed E-state index contributed by atoms with van der Waals surface area (Å²) in [5.74, 6) is -0.419. The molecule has 1 atom stereocenters. The summed E-state index contributed by atoms with van der Waals surface area (Å²) in [5.41, 5.74) is 7.47. The Morgan fingerprint density at radius 3 is 2.62 bits per heavy atom. The lowest BCUT2D eigenvalue weighted by atomic mass is 10.1. The number of aromatic nitrogens is 2. The van der Waals surface area contributed by atoms with Crippen molar-refractivity contribution in [1.29, 1.82) is 0 Å². The Hall–Kier alpha value is -2.83. The number of nitrogens with zero attached hydrogens (tertiary/aromatic N) is 3. The van der Waals surface area contributed by atoms with Crippen LogP contribution in [0.4, 0.5) is 0 Å². The number of hydrogen-bond acceptors (Lipinski definition) is 4. The van der Waals surface area contributed by atoms with Crippen molar-refractivity contribution >= 4 is 11.7 Å². The number of benzene rings is 1. The number of hydrogen-bond donors (Lipinski definition) is 3. The predicted octanol–water partition coefficient (Wildman–Crippen LogP) is 0.946. The first-order valence-corrected chi connectivity index (χ1v) is 6.36. The van der Waals surface area contributed by atoms with Gasteiger partial charge < -0.3 is 16.3 Å². The molecule has 110 valence electrons. The smallest absolute Gasteiger partial charge is 0.255 e. The van der Waals surface area contributed by atoms with Crippen LogP contribution in [-0.2, 0) is 7.05 Å². The number of nitrogens with one attached hydrogen (secondary N) is 1. The zero-order valence-electron chi connectivity index (χ0n) is 11.8. The Morgan fingerprint density at radius 1 is 1.43 bits per heavy atom. The number of oxime groups is 1. The van der Waals surface area contributed by atoms with Crippen molar-refractivity contribution < 1.29 is 10.0 Å². The normalized spacial score (nSPS) is 13.0. The van der Waals surface area contributed by atoms with E-state index in [1.165, 1.54) is 0 Å². The number of rotatable bonds is 4.